The number of hydrogen-bond acceptors (Lipinski definition) is 4. The summed E-state index contributed by atoms with van der Waals surface area (Å²) in [6, 6.07) is 13.9. The fraction of sp³-hybridized carbons (Fsp3) is 0.240. The van der Waals surface area contributed by atoms with Crippen LogP contribution in [0.1, 0.15) is 34.9 Å². The van der Waals surface area contributed by atoms with E-state index in [1.165, 1.54) is 10.5 Å². The van der Waals surface area contributed by atoms with Gasteiger partial charge in [0.15, 0.2) is 0 Å². The molecule has 0 aliphatic rings. The van der Waals surface area contributed by atoms with Crippen LogP contribution in [0, 0.1) is 20.8 Å². The Balaban J connectivity index is 1.87. The van der Waals surface area contributed by atoms with Crippen LogP contribution in [0.15, 0.2) is 62.6 Å². The second kappa shape index (κ2) is 9.19. The normalized spacial score (nSPS) is 11.3. The predicted molar refractivity (Wildman–Crippen MR) is 122 cm³/mol. The monoisotopic (exact) mass is 406 g/mol. The van der Waals surface area contributed by atoms with Crippen molar-refractivity contribution in [2.24, 2.45) is 0 Å². The molecule has 3 nitrogen and oxygen atoms in total. The quantitative estimate of drug-likeness (QED) is 0.488. The number of benzene rings is 2. The van der Waals surface area contributed by atoms with Crippen LogP contribution < -0.4 is 5.63 Å². The lowest BCUT2D eigenvalue weighted by Crippen LogP contribution is -2.08. The zero-order valence-electron chi connectivity index (χ0n) is 17.3. The molecular weight excluding hydrogens is 380 g/mol. The highest BCUT2D eigenvalue weighted by atomic mass is 32.2. The lowest BCUT2D eigenvalue weighted by atomic mass is 9.93. The van der Waals surface area contributed by atoms with Gasteiger partial charge in [-0.25, -0.2) is 4.79 Å². The van der Waals surface area contributed by atoms with E-state index in [-0.39, 0.29) is 11.3 Å². The summed E-state index contributed by atoms with van der Waals surface area (Å²) in [6.07, 6.45) is 4.43. The summed E-state index contributed by atoms with van der Waals surface area (Å²) in [7, 11) is 0. The van der Waals surface area contributed by atoms with E-state index in [2.05, 4.69) is 31.2 Å². The Morgan fingerprint density at radius 3 is 2.38 bits per heavy atom. The maximum Gasteiger partial charge on any atom is 0.347 e. The van der Waals surface area contributed by atoms with Crippen molar-refractivity contribution >= 4 is 17.8 Å². The van der Waals surface area contributed by atoms with Crippen LogP contribution in [0.3, 0.4) is 0 Å². The van der Waals surface area contributed by atoms with Gasteiger partial charge >= 0.3 is 5.63 Å². The third kappa shape index (κ3) is 5.01. The Bertz CT molecular complexity index is 1090. The average Bonchev–Trinajstić information content (AvgIpc) is 2.65. The Morgan fingerprint density at radius 1 is 1.00 bits per heavy atom. The highest BCUT2D eigenvalue weighted by Gasteiger charge is 2.18. The Labute approximate surface area is 176 Å². The fourth-order valence-corrected chi connectivity index (χ4v) is 4.31. The van der Waals surface area contributed by atoms with Crippen molar-refractivity contribution in [3.63, 3.8) is 0 Å². The molecule has 1 N–H and O–H groups in total. The molecule has 0 saturated carbocycles. The van der Waals surface area contributed by atoms with E-state index >= 15 is 0 Å². The van der Waals surface area contributed by atoms with Gasteiger partial charge in [0.2, 0.25) is 0 Å². The minimum Gasteiger partial charge on any atom is -0.507 e. The van der Waals surface area contributed by atoms with Crippen molar-refractivity contribution in [2.75, 3.05) is 5.75 Å². The third-order valence-corrected chi connectivity index (χ3v) is 5.74. The molecule has 3 aromatic rings. The fourth-order valence-electron chi connectivity index (χ4n) is 3.44. The van der Waals surface area contributed by atoms with Crippen molar-refractivity contribution in [3.05, 3.63) is 87.0 Å². The zero-order valence-corrected chi connectivity index (χ0v) is 18.1. The molecule has 1 heterocycles. The smallest absolute Gasteiger partial charge is 0.347 e. The van der Waals surface area contributed by atoms with Crippen LogP contribution >= 0.6 is 11.8 Å². The molecule has 3 rings (SSSR count). The summed E-state index contributed by atoms with van der Waals surface area (Å²) in [6.45, 7) is 7.95. The largest absolute Gasteiger partial charge is 0.507 e. The van der Waals surface area contributed by atoms with Crippen molar-refractivity contribution in [1.29, 1.82) is 0 Å². The first-order valence-corrected chi connectivity index (χ1v) is 10.7. The minimum atomic E-state index is -0.502. The number of aromatic hydroxyl groups is 1. The van der Waals surface area contributed by atoms with Gasteiger partial charge in [0.05, 0.1) is 0 Å². The molecule has 0 aliphatic carbocycles. The van der Waals surface area contributed by atoms with Crippen molar-refractivity contribution in [1.82, 2.24) is 0 Å². The first-order chi connectivity index (χ1) is 13.9. The first kappa shape index (κ1) is 21.0. The highest BCUT2D eigenvalue weighted by molar-refractivity contribution is 7.99. The lowest BCUT2D eigenvalue weighted by Gasteiger charge is -2.13. The van der Waals surface area contributed by atoms with Crippen molar-refractivity contribution < 1.29 is 9.52 Å². The van der Waals surface area contributed by atoms with Crippen molar-refractivity contribution in [2.45, 2.75) is 39.0 Å². The summed E-state index contributed by atoms with van der Waals surface area (Å²) in [5, 5.41) is 10.7. The van der Waals surface area contributed by atoms with E-state index in [0.717, 1.165) is 28.0 Å². The van der Waals surface area contributed by atoms with Crippen LogP contribution in [-0.2, 0) is 6.42 Å². The Morgan fingerprint density at radius 2 is 1.72 bits per heavy atom. The molecule has 0 amide bonds. The molecule has 2 aromatic carbocycles. The van der Waals surface area contributed by atoms with Gasteiger partial charge in [-0.1, -0.05) is 47.5 Å². The average molecular weight is 407 g/mol. The first-order valence-electron chi connectivity index (χ1n) is 9.69. The molecular formula is C25H26O3S. The number of hydrogen-bond donors (Lipinski definition) is 1. The van der Waals surface area contributed by atoms with Gasteiger partial charge in [0.25, 0.3) is 0 Å². The topological polar surface area (TPSA) is 50.4 Å². The summed E-state index contributed by atoms with van der Waals surface area (Å²) in [5.74, 6) is 1.22. The van der Waals surface area contributed by atoms with Crippen LogP contribution in [0.5, 0.6) is 5.75 Å². The number of aryl methyl sites for hydroxylation is 4. The zero-order chi connectivity index (χ0) is 21.0. The van der Waals surface area contributed by atoms with Gasteiger partial charge in [0.1, 0.15) is 17.1 Å². The molecule has 0 atom stereocenters. The summed E-state index contributed by atoms with van der Waals surface area (Å²) >= 11 is 1.70. The van der Waals surface area contributed by atoms with E-state index in [9.17, 15) is 9.90 Å². The molecule has 29 heavy (non-hydrogen) atoms. The number of rotatable bonds is 6. The van der Waals surface area contributed by atoms with Crippen LogP contribution in [0.4, 0.5) is 0 Å². The van der Waals surface area contributed by atoms with Gasteiger partial charge < -0.3 is 9.52 Å². The third-order valence-electron chi connectivity index (χ3n) is 4.73. The number of thioether (sulfide) groups is 1. The molecule has 0 saturated heterocycles. The molecule has 0 radical (unpaired) electrons. The molecule has 4 heteroatoms. The van der Waals surface area contributed by atoms with Crippen LogP contribution in [-0.4, -0.2) is 10.9 Å². The van der Waals surface area contributed by atoms with Crippen molar-refractivity contribution in [3.8, 4) is 16.9 Å². The maximum absolute atomic E-state index is 12.8. The molecule has 150 valence electrons. The van der Waals surface area contributed by atoms with Gasteiger partial charge in [-0.05, 0) is 51.0 Å². The molecule has 0 fully saturated rings. The molecule has 1 aromatic heterocycles. The van der Waals surface area contributed by atoms with E-state index in [0.29, 0.717) is 12.2 Å². The molecule has 0 spiro atoms. The Hall–Kier alpha value is -2.72. The van der Waals surface area contributed by atoms with Gasteiger partial charge in [-0.3, -0.25) is 0 Å². The SMILES string of the molecule is C/C=C/c1cc(C)cc(C)c1-c1c(O)cc(CCSc2ccc(C)cc2)oc1=O. The van der Waals surface area contributed by atoms with Gasteiger partial charge in [0, 0.05) is 28.7 Å². The maximum atomic E-state index is 12.8. The summed E-state index contributed by atoms with van der Waals surface area (Å²) < 4.78 is 5.57. The van der Waals surface area contributed by atoms with E-state index in [1.54, 1.807) is 17.8 Å². The van der Waals surface area contributed by atoms with E-state index in [1.807, 2.05) is 45.1 Å². The van der Waals surface area contributed by atoms with E-state index in [4.69, 9.17) is 4.42 Å². The molecule has 0 unspecified atom stereocenters. The second-order valence-electron chi connectivity index (χ2n) is 7.22. The molecule has 0 bridgehead atoms. The number of allylic oxidation sites excluding steroid dienone is 1. The highest BCUT2D eigenvalue weighted by Crippen LogP contribution is 2.34. The van der Waals surface area contributed by atoms with Gasteiger partial charge in [-0.15, -0.1) is 11.8 Å². The minimum absolute atomic E-state index is 0.0331. The Kier molecular flexibility index (Phi) is 6.65. The predicted octanol–water partition coefficient (Wildman–Crippen LogP) is 6.31. The lowest BCUT2D eigenvalue weighted by molar-refractivity contribution is 0.430. The summed E-state index contributed by atoms with van der Waals surface area (Å²) in [5.41, 5.74) is 4.61. The standard InChI is InChI=1S/C25H26O3S/c1-5-6-19-14-17(3)13-18(4)23(19)24-22(26)15-20(28-25(24)27)11-12-29-21-9-7-16(2)8-10-21/h5-10,13-15,26H,11-12H2,1-4H3/b6-5+. The molecule has 0 aliphatic heterocycles. The van der Waals surface area contributed by atoms with Crippen LogP contribution in [0.2, 0.25) is 0 Å². The van der Waals surface area contributed by atoms with Gasteiger partial charge in [-0.2, -0.15) is 0 Å². The summed E-state index contributed by atoms with van der Waals surface area (Å²) in [4.78, 5) is 13.9. The van der Waals surface area contributed by atoms with Crippen LogP contribution in [0.25, 0.3) is 17.2 Å². The van der Waals surface area contributed by atoms with E-state index < -0.39 is 5.63 Å². The second-order valence-corrected chi connectivity index (χ2v) is 8.39.